The quantitative estimate of drug-likeness (QED) is 0.783. The zero-order valence-corrected chi connectivity index (χ0v) is 14.6. The predicted octanol–water partition coefficient (Wildman–Crippen LogP) is 4.02. The third kappa shape index (κ3) is 2.47. The fourth-order valence-electron chi connectivity index (χ4n) is 5.87. The van der Waals surface area contributed by atoms with Crippen LogP contribution in [0.1, 0.15) is 65.7 Å². The van der Waals surface area contributed by atoms with E-state index in [1.165, 1.54) is 5.57 Å². The predicted molar refractivity (Wildman–Crippen MR) is 89.4 cm³/mol. The van der Waals surface area contributed by atoms with Crippen LogP contribution < -0.4 is 0 Å². The molecule has 3 aliphatic rings. The first-order valence-corrected chi connectivity index (χ1v) is 9.08. The van der Waals surface area contributed by atoms with Gasteiger partial charge < -0.3 is 5.11 Å². The van der Waals surface area contributed by atoms with E-state index in [2.05, 4.69) is 26.0 Å². The van der Waals surface area contributed by atoms with Gasteiger partial charge in [0.05, 0.1) is 12.2 Å². The molecule has 0 aromatic carbocycles. The van der Waals surface area contributed by atoms with Crippen LogP contribution in [0, 0.1) is 39.9 Å². The van der Waals surface area contributed by atoms with E-state index in [0.717, 1.165) is 38.5 Å². The molecule has 126 valence electrons. The van der Waals surface area contributed by atoms with Crippen LogP contribution in [0.15, 0.2) is 11.6 Å². The Balaban J connectivity index is 1.97. The summed E-state index contributed by atoms with van der Waals surface area (Å²) < 4.78 is 0. The standard InChI is InChI=1S/C20H29NO2/c1-13(22)19(2)10-7-17-16(18(19)8-11-21)5-4-14-12-15(23)6-9-20(14,17)3/h4,15-18,23H,5-10,12H2,1-3H3/t15-,16+,17-,18-,19+,20-/m0/s1. The molecule has 0 saturated heterocycles. The molecule has 3 nitrogen and oxygen atoms in total. The molecular weight excluding hydrogens is 286 g/mol. The van der Waals surface area contributed by atoms with Crippen molar-refractivity contribution in [2.45, 2.75) is 71.8 Å². The minimum absolute atomic E-state index is 0.161. The topological polar surface area (TPSA) is 61.1 Å². The number of Topliss-reactive ketones (excluding diaryl/α,β-unsaturated/α-hetero) is 1. The van der Waals surface area contributed by atoms with Gasteiger partial charge >= 0.3 is 0 Å². The Morgan fingerprint density at radius 3 is 2.78 bits per heavy atom. The van der Waals surface area contributed by atoms with Gasteiger partial charge in [0, 0.05) is 11.8 Å². The number of ketones is 1. The number of nitrogens with zero attached hydrogens (tertiary/aromatic N) is 1. The van der Waals surface area contributed by atoms with Crippen molar-refractivity contribution >= 4 is 5.78 Å². The van der Waals surface area contributed by atoms with Crippen LogP contribution >= 0.6 is 0 Å². The fourth-order valence-corrected chi connectivity index (χ4v) is 5.87. The number of carbonyl (C=O) groups is 1. The lowest BCUT2D eigenvalue weighted by Crippen LogP contribution is -2.52. The minimum atomic E-state index is -0.340. The number of hydrogen-bond donors (Lipinski definition) is 1. The van der Waals surface area contributed by atoms with Crippen molar-refractivity contribution < 1.29 is 9.90 Å². The SMILES string of the molecule is CC(=O)[C@@]1(C)CC[C@H]2[C@@H](CC=C3C[C@@H](O)CC[C@@]32C)[C@@H]1CC#N. The van der Waals surface area contributed by atoms with Crippen LogP contribution in [0.4, 0.5) is 0 Å². The first-order valence-electron chi connectivity index (χ1n) is 9.08. The Kier molecular flexibility index (Phi) is 4.17. The normalized spacial score (nSPS) is 46.1. The van der Waals surface area contributed by atoms with E-state index in [1.54, 1.807) is 6.92 Å². The number of allylic oxidation sites excluding steroid dienone is 1. The molecule has 0 heterocycles. The Morgan fingerprint density at radius 2 is 2.13 bits per heavy atom. The van der Waals surface area contributed by atoms with Crippen molar-refractivity contribution in [2.24, 2.45) is 28.6 Å². The van der Waals surface area contributed by atoms with Crippen LogP contribution in [0.5, 0.6) is 0 Å². The van der Waals surface area contributed by atoms with Crippen molar-refractivity contribution in [1.82, 2.24) is 0 Å². The smallest absolute Gasteiger partial charge is 0.136 e. The number of rotatable bonds is 2. The molecule has 0 unspecified atom stereocenters. The lowest BCUT2D eigenvalue weighted by Gasteiger charge is -2.57. The molecule has 0 radical (unpaired) electrons. The number of hydrogen-bond acceptors (Lipinski definition) is 3. The van der Waals surface area contributed by atoms with E-state index >= 15 is 0 Å². The summed E-state index contributed by atoms with van der Waals surface area (Å²) in [6.45, 7) is 6.15. The van der Waals surface area contributed by atoms with Gasteiger partial charge in [0.1, 0.15) is 5.78 Å². The second kappa shape index (κ2) is 5.74. The molecule has 3 rings (SSSR count). The van der Waals surface area contributed by atoms with Gasteiger partial charge in [-0.1, -0.05) is 25.5 Å². The molecule has 0 bridgehead atoms. The zero-order chi connectivity index (χ0) is 16.8. The van der Waals surface area contributed by atoms with E-state index < -0.39 is 0 Å². The molecule has 3 aliphatic carbocycles. The molecule has 0 aromatic heterocycles. The summed E-state index contributed by atoms with van der Waals surface area (Å²) in [6, 6.07) is 2.36. The van der Waals surface area contributed by atoms with E-state index in [1.807, 2.05) is 0 Å². The van der Waals surface area contributed by atoms with Crippen molar-refractivity contribution in [1.29, 1.82) is 5.26 Å². The molecule has 0 spiro atoms. The first kappa shape index (κ1) is 16.7. The second-order valence-electron chi connectivity index (χ2n) is 8.53. The van der Waals surface area contributed by atoms with Gasteiger partial charge in [-0.25, -0.2) is 0 Å². The highest BCUT2D eigenvalue weighted by Gasteiger charge is 2.55. The molecule has 3 heteroatoms. The summed E-state index contributed by atoms with van der Waals surface area (Å²) in [4.78, 5) is 12.3. The van der Waals surface area contributed by atoms with Crippen LogP contribution in [0.25, 0.3) is 0 Å². The van der Waals surface area contributed by atoms with Gasteiger partial charge in [-0.3, -0.25) is 4.79 Å². The maximum Gasteiger partial charge on any atom is 0.136 e. The highest BCUT2D eigenvalue weighted by atomic mass is 16.3. The highest BCUT2D eigenvalue weighted by molar-refractivity contribution is 5.82. The summed E-state index contributed by atoms with van der Waals surface area (Å²) in [5.41, 5.74) is 1.25. The van der Waals surface area contributed by atoms with Crippen molar-refractivity contribution in [3.8, 4) is 6.07 Å². The zero-order valence-electron chi connectivity index (χ0n) is 14.6. The van der Waals surface area contributed by atoms with Gasteiger partial charge in [-0.15, -0.1) is 0 Å². The molecule has 2 saturated carbocycles. The third-order valence-corrected chi connectivity index (χ3v) is 7.58. The second-order valence-corrected chi connectivity index (χ2v) is 8.53. The molecule has 0 aliphatic heterocycles. The first-order chi connectivity index (χ1) is 10.8. The Labute approximate surface area is 139 Å². The van der Waals surface area contributed by atoms with E-state index in [4.69, 9.17) is 0 Å². The molecule has 1 N–H and O–H groups in total. The van der Waals surface area contributed by atoms with Crippen LogP contribution in [-0.2, 0) is 4.79 Å². The number of aliphatic hydroxyl groups is 1. The summed E-state index contributed by atoms with van der Waals surface area (Å²) in [5.74, 6) is 1.41. The molecule has 23 heavy (non-hydrogen) atoms. The number of fused-ring (bicyclic) bond motifs is 3. The van der Waals surface area contributed by atoms with Crippen molar-refractivity contribution in [2.75, 3.05) is 0 Å². The molecule has 0 aromatic rings. The number of carbonyl (C=O) groups excluding carboxylic acids is 1. The largest absolute Gasteiger partial charge is 0.393 e. The van der Waals surface area contributed by atoms with Gasteiger partial charge in [0.25, 0.3) is 0 Å². The third-order valence-electron chi connectivity index (χ3n) is 7.58. The average Bonchev–Trinajstić information content (AvgIpc) is 2.50. The van der Waals surface area contributed by atoms with Gasteiger partial charge in [0.15, 0.2) is 0 Å². The molecule has 6 atom stereocenters. The van der Waals surface area contributed by atoms with Crippen molar-refractivity contribution in [3.63, 3.8) is 0 Å². The maximum absolute atomic E-state index is 12.3. The highest BCUT2D eigenvalue weighted by Crippen LogP contribution is 2.61. The summed E-state index contributed by atoms with van der Waals surface area (Å²) in [6.07, 6.45) is 8.31. The molecular formula is C20H29NO2. The van der Waals surface area contributed by atoms with Crippen molar-refractivity contribution in [3.05, 3.63) is 11.6 Å². The minimum Gasteiger partial charge on any atom is -0.393 e. The monoisotopic (exact) mass is 315 g/mol. The Morgan fingerprint density at radius 1 is 1.39 bits per heavy atom. The molecule has 2 fully saturated rings. The van der Waals surface area contributed by atoms with Crippen LogP contribution in [-0.4, -0.2) is 17.0 Å². The van der Waals surface area contributed by atoms with Gasteiger partial charge in [0.2, 0.25) is 0 Å². The summed E-state index contributed by atoms with van der Waals surface area (Å²) in [5, 5.41) is 19.4. The van der Waals surface area contributed by atoms with E-state index in [-0.39, 0.29) is 28.6 Å². The van der Waals surface area contributed by atoms with E-state index in [0.29, 0.717) is 18.3 Å². The fraction of sp³-hybridized carbons (Fsp3) is 0.800. The number of nitriles is 1. The lowest BCUT2D eigenvalue weighted by atomic mass is 9.46. The lowest BCUT2D eigenvalue weighted by molar-refractivity contribution is -0.137. The van der Waals surface area contributed by atoms with E-state index in [9.17, 15) is 15.2 Å². The van der Waals surface area contributed by atoms with Crippen LogP contribution in [0.2, 0.25) is 0 Å². The summed E-state index contributed by atoms with van der Waals surface area (Å²) in [7, 11) is 0. The maximum atomic E-state index is 12.3. The molecule has 0 amide bonds. The summed E-state index contributed by atoms with van der Waals surface area (Å²) >= 11 is 0. The number of aliphatic hydroxyl groups excluding tert-OH is 1. The average molecular weight is 315 g/mol. The van der Waals surface area contributed by atoms with Gasteiger partial charge in [-0.05, 0) is 68.6 Å². The van der Waals surface area contributed by atoms with Gasteiger partial charge in [-0.2, -0.15) is 5.26 Å². The van der Waals surface area contributed by atoms with Crippen LogP contribution in [0.3, 0.4) is 0 Å². The Bertz CT molecular complexity index is 575. The Hall–Kier alpha value is -1.14.